The molecule has 6 nitrogen and oxygen atoms in total. The van der Waals surface area contributed by atoms with Gasteiger partial charge in [0.1, 0.15) is 12.4 Å². The number of carbonyl (C=O) groups is 1. The SMILES string of the molecule is COc1cc(/C=N/NC(=O)COc2cc(C(C)C)ccc2C)ccc1OCc1ccc(Cl)cc1. The summed E-state index contributed by atoms with van der Waals surface area (Å²) in [6.45, 7) is 6.44. The molecule has 1 N–H and O–H groups in total. The van der Waals surface area contributed by atoms with E-state index < -0.39 is 0 Å². The second kappa shape index (κ2) is 12.1. The van der Waals surface area contributed by atoms with Crippen molar-refractivity contribution in [3.8, 4) is 17.2 Å². The highest BCUT2D eigenvalue weighted by molar-refractivity contribution is 6.30. The number of nitrogens with one attached hydrogen (secondary N) is 1. The molecule has 3 aromatic carbocycles. The van der Waals surface area contributed by atoms with Crippen LogP contribution < -0.4 is 19.6 Å². The van der Waals surface area contributed by atoms with Crippen molar-refractivity contribution in [1.82, 2.24) is 5.43 Å². The van der Waals surface area contributed by atoms with Crippen LogP contribution >= 0.6 is 11.6 Å². The monoisotopic (exact) mass is 480 g/mol. The minimum atomic E-state index is -0.347. The van der Waals surface area contributed by atoms with Gasteiger partial charge in [-0.3, -0.25) is 4.79 Å². The molecule has 0 aliphatic heterocycles. The third kappa shape index (κ3) is 7.25. The van der Waals surface area contributed by atoms with Gasteiger partial charge in [0.25, 0.3) is 5.91 Å². The van der Waals surface area contributed by atoms with Crippen LogP contribution in [-0.2, 0) is 11.4 Å². The fraction of sp³-hybridized carbons (Fsp3) is 0.259. The van der Waals surface area contributed by atoms with E-state index in [1.54, 1.807) is 19.2 Å². The number of nitrogens with zero attached hydrogens (tertiary/aromatic N) is 1. The smallest absolute Gasteiger partial charge is 0.277 e. The fourth-order valence-electron chi connectivity index (χ4n) is 3.11. The Hall–Kier alpha value is -3.51. The van der Waals surface area contributed by atoms with Crippen molar-refractivity contribution in [1.29, 1.82) is 0 Å². The lowest BCUT2D eigenvalue weighted by Gasteiger charge is -2.12. The van der Waals surface area contributed by atoms with E-state index in [2.05, 4.69) is 30.4 Å². The molecule has 0 fully saturated rings. The largest absolute Gasteiger partial charge is 0.493 e. The Morgan fingerprint density at radius 2 is 1.76 bits per heavy atom. The number of aryl methyl sites for hydroxylation is 1. The summed E-state index contributed by atoms with van der Waals surface area (Å²) in [4.78, 5) is 12.2. The molecule has 0 radical (unpaired) electrons. The Morgan fingerprint density at radius 3 is 2.47 bits per heavy atom. The molecule has 0 aliphatic rings. The maximum atomic E-state index is 12.2. The number of carbonyl (C=O) groups excluding carboxylic acids is 1. The molecule has 34 heavy (non-hydrogen) atoms. The van der Waals surface area contributed by atoms with Crippen molar-refractivity contribution in [3.63, 3.8) is 0 Å². The van der Waals surface area contributed by atoms with Gasteiger partial charge in [0, 0.05) is 5.02 Å². The highest BCUT2D eigenvalue weighted by Gasteiger charge is 2.08. The summed E-state index contributed by atoms with van der Waals surface area (Å²) < 4.78 is 17.0. The van der Waals surface area contributed by atoms with Crippen molar-refractivity contribution < 1.29 is 19.0 Å². The topological polar surface area (TPSA) is 69.2 Å². The van der Waals surface area contributed by atoms with Crippen LogP contribution in [0.5, 0.6) is 17.2 Å². The van der Waals surface area contributed by atoms with Crippen LogP contribution in [0.2, 0.25) is 5.02 Å². The van der Waals surface area contributed by atoms with Gasteiger partial charge in [0.2, 0.25) is 0 Å². The summed E-state index contributed by atoms with van der Waals surface area (Å²) in [6, 6.07) is 18.9. The zero-order chi connectivity index (χ0) is 24.5. The first-order valence-electron chi connectivity index (χ1n) is 11.0. The van der Waals surface area contributed by atoms with Gasteiger partial charge in [-0.25, -0.2) is 5.43 Å². The van der Waals surface area contributed by atoms with Crippen molar-refractivity contribution in [3.05, 3.63) is 87.9 Å². The lowest BCUT2D eigenvalue weighted by atomic mass is 10.0. The molecule has 7 heteroatoms. The maximum absolute atomic E-state index is 12.2. The standard InChI is InChI=1S/C27H29ClN2O4/c1-18(2)22-9-5-19(3)25(14-22)34-17-27(31)30-29-15-21-8-12-24(26(13-21)32-4)33-16-20-6-10-23(28)11-7-20/h5-15,18H,16-17H2,1-4H3,(H,30,31)/b29-15+. The lowest BCUT2D eigenvalue weighted by molar-refractivity contribution is -0.123. The predicted octanol–water partition coefficient (Wildman–Crippen LogP) is 5.89. The third-order valence-electron chi connectivity index (χ3n) is 5.14. The Kier molecular flexibility index (Phi) is 8.93. The van der Waals surface area contributed by atoms with Crippen LogP contribution in [-0.4, -0.2) is 25.8 Å². The molecule has 0 unspecified atom stereocenters. The first kappa shape index (κ1) is 25.1. The van der Waals surface area contributed by atoms with E-state index in [9.17, 15) is 4.79 Å². The molecule has 0 aliphatic carbocycles. The molecule has 0 heterocycles. The summed E-state index contributed by atoms with van der Waals surface area (Å²) in [6.07, 6.45) is 1.54. The number of hydrogen-bond donors (Lipinski definition) is 1. The van der Waals surface area contributed by atoms with Crippen LogP contribution in [0.3, 0.4) is 0 Å². The fourth-order valence-corrected chi connectivity index (χ4v) is 3.24. The van der Waals surface area contributed by atoms with E-state index >= 15 is 0 Å². The van der Waals surface area contributed by atoms with Gasteiger partial charge in [0.15, 0.2) is 18.1 Å². The second-order valence-electron chi connectivity index (χ2n) is 8.09. The predicted molar refractivity (Wildman–Crippen MR) is 135 cm³/mol. The van der Waals surface area contributed by atoms with Crippen molar-refractivity contribution in [2.75, 3.05) is 13.7 Å². The summed E-state index contributed by atoms with van der Waals surface area (Å²) in [5.41, 5.74) is 6.36. The number of ether oxygens (including phenoxy) is 3. The number of amides is 1. The molecule has 178 valence electrons. The number of methoxy groups -OCH3 is 1. The van der Waals surface area contributed by atoms with E-state index in [1.807, 2.05) is 49.4 Å². The van der Waals surface area contributed by atoms with Gasteiger partial charge in [-0.2, -0.15) is 5.10 Å². The van der Waals surface area contributed by atoms with Gasteiger partial charge < -0.3 is 14.2 Å². The normalized spacial score (nSPS) is 11.0. The summed E-state index contributed by atoms with van der Waals surface area (Å²) in [5.74, 6) is 1.90. The zero-order valence-electron chi connectivity index (χ0n) is 19.8. The van der Waals surface area contributed by atoms with Gasteiger partial charge in [-0.15, -0.1) is 0 Å². The Morgan fingerprint density at radius 1 is 1.00 bits per heavy atom. The van der Waals surface area contributed by atoms with E-state index in [-0.39, 0.29) is 12.5 Å². The third-order valence-corrected chi connectivity index (χ3v) is 5.39. The Bertz CT molecular complexity index is 1140. The molecule has 0 bridgehead atoms. The molecule has 0 saturated carbocycles. The second-order valence-corrected chi connectivity index (χ2v) is 8.52. The van der Waals surface area contributed by atoms with Gasteiger partial charge in [0.05, 0.1) is 13.3 Å². The van der Waals surface area contributed by atoms with Crippen LogP contribution in [0.1, 0.15) is 42.0 Å². The molecule has 3 rings (SSSR count). The van der Waals surface area contributed by atoms with Crippen LogP contribution in [0.15, 0.2) is 65.8 Å². The van der Waals surface area contributed by atoms with Crippen LogP contribution in [0, 0.1) is 6.92 Å². The first-order valence-corrected chi connectivity index (χ1v) is 11.3. The average Bonchev–Trinajstić information content (AvgIpc) is 2.83. The van der Waals surface area contributed by atoms with Gasteiger partial charge in [-0.05, 0) is 71.5 Å². The molecule has 3 aromatic rings. The highest BCUT2D eigenvalue weighted by atomic mass is 35.5. The highest BCUT2D eigenvalue weighted by Crippen LogP contribution is 2.28. The summed E-state index contributed by atoms with van der Waals surface area (Å²) >= 11 is 5.92. The lowest BCUT2D eigenvalue weighted by Crippen LogP contribution is -2.24. The van der Waals surface area contributed by atoms with Gasteiger partial charge >= 0.3 is 0 Å². The van der Waals surface area contributed by atoms with Crippen LogP contribution in [0.4, 0.5) is 0 Å². The Balaban J connectivity index is 1.53. The van der Waals surface area contributed by atoms with Crippen molar-refractivity contribution >= 4 is 23.7 Å². The maximum Gasteiger partial charge on any atom is 0.277 e. The first-order chi connectivity index (χ1) is 16.4. The minimum Gasteiger partial charge on any atom is -0.493 e. The molecule has 0 aromatic heterocycles. The van der Waals surface area contributed by atoms with E-state index in [0.717, 1.165) is 22.3 Å². The summed E-state index contributed by atoms with van der Waals surface area (Å²) in [5, 5.41) is 4.70. The van der Waals surface area contributed by atoms with E-state index in [1.165, 1.54) is 6.21 Å². The van der Waals surface area contributed by atoms with Crippen LogP contribution in [0.25, 0.3) is 0 Å². The quantitative estimate of drug-likeness (QED) is 0.290. The molecular weight excluding hydrogens is 452 g/mol. The molecule has 0 spiro atoms. The minimum absolute atomic E-state index is 0.124. The average molecular weight is 481 g/mol. The number of rotatable bonds is 10. The van der Waals surface area contributed by atoms with Crippen molar-refractivity contribution in [2.24, 2.45) is 5.10 Å². The molecular formula is C27H29ClN2O4. The number of hydrogen-bond acceptors (Lipinski definition) is 5. The number of hydrazone groups is 1. The van der Waals surface area contributed by atoms with E-state index in [4.69, 9.17) is 25.8 Å². The number of benzene rings is 3. The van der Waals surface area contributed by atoms with Gasteiger partial charge in [-0.1, -0.05) is 49.7 Å². The Labute approximate surface area is 205 Å². The molecule has 1 amide bonds. The van der Waals surface area contributed by atoms with E-state index in [0.29, 0.717) is 34.8 Å². The number of halogens is 1. The van der Waals surface area contributed by atoms with Crippen molar-refractivity contribution in [2.45, 2.75) is 33.3 Å². The zero-order valence-corrected chi connectivity index (χ0v) is 20.6. The molecule has 0 atom stereocenters. The molecule has 0 saturated heterocycles. The summed E-state index contributed by atoms with van der Waals surface area (Å²) in [7, 11) is 1.57.